The van der Waals surface area contributed by atoms with Gasteiger partial charge in [0, 0.05) is 4.47 Å². The Morgan fingerprint density at radius 3 is 2.32 bits per heavy atom. The first-order valence-electron chi connectivity index (χ1n) is 8.88. The lowest BCUT2D eigenvalue weighted by Crippen LogP contribution is -2.39. The Hall–Kier alpha value is -2.39. The number of amides is 1. The third-order valence-corrected chi connectivity index (χ3v) is 7.14. The molecular weight excluding hydrogens is 525 g/mol. The van der Waals surface area contributed by atoms with E-state index in [-0.39, 0.29) is 4.90 Å². The van der Waals surface area contributed by atoms with Crippen LogP contribution in [0.5, 0.6) is 0 Å². The summed E-state index contributed by atoms with van der Waals surface area (Å²) in [5.74, 6) is -0.612. The van der Waals surface area contributed by atoms with E-state index in [1.165, 1.54) is 18.3 Å². The van der Waals surface area contributed by atoms with E-state index in [4.69, 9.17) is 23.2 Å². The number of hydrogen-bond donors (Lipinski definition) is 1. The van der Waals surface area contributed by atoms with Crippen molar-refractivity contribution >= 4 is 67.0 Å². The fourth-order valence-corrected chi connectivity index (χ4v) is 4.59. The monoisotopic (exact) mass is 539 g/mol. The van der Waals surface area contributed by atoms with Crippen molar-refractivity contribution in [1.82, 2.24) is 5.43 Å². The molecule has 0 aromatic heterocycles. The molecule has 0 saturated carbocycles. The molecule has 6 nitrogen and oxygen atoms in total. The lowest BCUT2D eigenvalue weighted by Gasteiger charge is -2.23. The Morgan fingerprint density at radius 2 is 1.68 bits per heavy atom. The highest BCUT2D eigenvalue weighted by atomic mass is 79.9. The average Bonchev–Trinajstić information content (AvgIpc) is 2.76. The second-order valence-electron chi connectivity index (χ2n) is 6.27. The van der Waals surface area contributed by atoms with Crippen molar-refractivity contribution in [1.29, 1.82) is 0 Å². The van der Waals surface area contributed by atoms with E-state index < -0.39 is 22.5 Å². The SMILES string of the molecule is O=C(CN(c1ccc(Br)cc1)S(=O)(=O)c1ccccc1)N/N=C\c1ccc(Cl)c(Cl)c1. The fourth-order valence-electron chi connectivity index (χ4n) is 2.58. The number of rotatable bonds is 7. The summed E-state index contributed by atoms with van der Waals surface area (Å²) >= 11 is 15.1. The van der Waals surface area contributed by atoms with Gasteiger partial charge in [-0.25, -0.2) is 13.8 Å². The van der Waals surface area contributed by atoms with Gasteiger partial charge in [0.2, 0.25) is 0 Å². The van der Waals surface area contributed by atoms with E-state index in [2.05, 4.69) is 26.5 Å². The lowest BCUT2D eigenvalue weighted by atomic mass is 10.2. The molecule has 0 aliphatic carbocycles. The van der Waals surface area contributed by atoms with Gasteiger partial charge in [0.15, 0.2) is 0 Å². The zero-order valence-corrected chi connectivity index (χ0v) is 19.8. The van der Waals surface area contributed by atoms with Gasteiger partial charge in [-0.05, 0) is 54.1 Å². The van der Waals surface area contributed by atoms with Gasteiger partial charge >= 0.3 is 0 Å². The molecule has 0 saturated heterocycles. The summed E-state index contributed by atoms with van der Waals surface area (Å²) < 4.78 is 28.2. The molecule has 0 unspecified atom stereocenters. The summed E-state index contributed by atoms with van der Waals surface area (Å²) in [5.41, 5.74) is 3.30. The van der Waals surface area contributed by atoms with Crippen LogP contribution in [0, 0.1) is 0 Å². The Labute approximate surface area is 198 Å². The normalized spacial score (nSPS) is 11.5. The summed E-state index contributed by atoms with van der Waals surface area (Å²) in [6.07, 6.45) is 1.38. The van der Waals surface area contributed by atoms with Crippen LogP contribution in [0.3, 0.4) is 0 Å². The third kappa shape index (κ3) is 6.07. The number of carbonyl (C=O) groups is 1. The molecule has 0 aliphatic rings. The number of hydrazone groups is 1. The summed E-state index contributed by atoms with van der Waals surface area (Å²) in [4.78, 5) is 12.6. The maximum atomic E-state index is 13.2. The minimum atomic E-state index is -3.98. The van der Waals surface area contributed by atoms with Crippen LogP contribution in [0.1, 0.15) is 5.56 Å². The minimum absolute atomic E-state index is 0.0741. The second-order valence-corrected chi connectivity index (χ2v) is 9.86. The number of benzene rings is 3. The smallest absolute Gasteiger partial charge is 0.264 e. The maximum Gasteiger partial charge on any atom is 0.264 e. The molecule has 160 valence electrons. The first kappa shape index (κ1) is 23.3. The Kier molecular flexibility index (Phi) is 7.72. The number of sulfonamides is 1. The van der Waals surface area contributed by atoms with Crippen LogP contribution in [-0.4, -0.2) is 27.1 Å². The first-order valence-corrected chi connectivity index (χ1v) is 11.9. The van der Waals surface area contributed by atoms with Gasteiger partial charge in [-0.15, -0.1) is 0 Å². The number of nitrogens with one attached hydrogen (secondary N) is 1. The molecule has 1 amide bonds. The van der Waals surface area contributed by atoms with Gasteiger partial charge < -0.3 is 0 Å². The van der Waals surface area contributed by atoms with E-state index in [0.29, 0.717) is 21.3 Å². The van der Waals surface area contributed by atoms with Gasteiger partial charge in [-0.2, -0.15) is 5.10 Å². The van der Waals surface area contributed by atoms with E-state index in [9.17, 15) is 13.2 Å². The van der Waals surface area contributed by atoms with Gasteiger partial charge in [-0.3, -0.25) is 9.10 Å². The average molecular weight is 541 g/mol. The summed E-state index contributed by atoms with van der Waals surface area (Å²) in [5, 5.41) is 4.63. The number of halogens is 3. The molecule has 0 aliphatic heterocycles. The Morgan fingerprint density at radius 1 is 1.00 bits per heavy atom. The van der Waals surface area contributed by atoms with Crippen LogP contribution in [0.4, 0.5) is 5.69 Å². The zero-order valence-electron chi connectivity index (χ0n) is 15.9. The summed E-state index contributed by atoms with van der Waals surface area (Å²) in [7, 11) is -3.98. The maximum absolute atomic E-state index is 13.2. The molecule has 3 rings (SSSR count). The predicted octanol–water partition coefficient (Wildman–Crippen LogP) is 5.10. The van der Waals surface area contributed by atoms with Crippen LogP contribution >= 0.6 is 39.1 Å². The van der Waals surface area contributed by atoms with Crippen LogP contribution in [0.15, 0.2) is 87.3 Å². The topological polar surface area (TPSA) is 78.8 Å². The molecule has 0 spiro atoms. The molecule has 0 bridgehead atoms. The van der Waals surface area contributed by atoms with Gasteiger partial charge in [0.25, 0.3) is 15.9 Å². The molecular formula is C21H16BrCl2N3O3S. The molecule has 31 heavy (non-hydrogen) atoms. The van der Waals surface area contributed by atoms with E-state index in [1.807, 2.05) is 0 Å². The van der Waals surface area contributed by atoms with Crippen molar-refractivity contribution in [3.63, 3.8) is 0 Å². The van der Waals surface area contributed by atoms with Gasteiger partial charge in [-0.1, -0.05) is 63.4 Å². The number of anilines is 1. The predicted molar refractivity (Wildman–Crippen MR) is 127 cm³/mol. The molecule has 1 N–H and O–H groups in total. The lowest BCUT2D eigenvalue weighted by molar-refractivity contribution is -0.119. The van der Waals surface area contributed by atoms with Crippen molar-refractivity contribution in [2.75, 3.05) is 10.8 Å². The van der Waals surface area contributed by atoms with Crippen molar-refractivity contribution in [3.05, 3.63) is 92.9 Å². The van der Waals surface area contributed by atoms with Crippen molar-refractivity contribution < 1.29 is 13.2 Å². The largest absolute Gasteiger partial charge is 0.271 e. The number of hydrogen-bond acceptors (Lipinski definition) is 4. The van der Waals surface area contributed by atoms with E-state index >= 15 is 0 Å². The minimum Gasteiger partial charge on any atom is -0.271 e. The Bertz CT molecular complexity index is 1200. The van der Waals surface area contributed by atoms with E-state index in [1.54, 1.807) is 60.7 Å². The first-order chi connectivity index (χ1) is 14.8. The fraction of sp³-hybridized carbons (Fsp3) is 0.0476. The van der Waals surface area contributed by atoms with Crippen LogP contribution in [-0.2, 0) is 14.8 Å². The highest BCUT2D eigenvalue weighted by molar-refractivity contribution is 9.10. The highest BCUT2D eigenvalue weighted by Gasteiger charge is 2.27. The molecule has 0 fully saturated rings. The van der Waals surface area contributed by atoms with Crippen molar-refractivity contribution in [2.24, 2.45) is 5.10 Å². The Balaban J connectivity index is 1.81. The molecule has 3 aromatic carbocycles. The van der Waals surface area contributed by atoms with Crippen molar-refractivity contribution in [2.45, 2.75) is 4.90 Å². The quantitative estimate of drug-likeness (QED) is 0.334. The summed E-state index contributed by atoms with van der Waals surface area (Å²) in [6.45, 7) is -0.461. The standard InChI is InChI=1S/C21H16BrCl2N3O3S/c22-16-7-9-17(10-8-16)27(31(29,30)18-4-2-1-3-5-18)14-21(28)26-25-13-15-6-11-19(23)20(24)12-15/h1-13H,14H2,(H,26,28)/b25-13-. The number of nitrogens with zero attached hydrogens (tertiary/aromatic N) is 2. The number of carbonyl (C=O) groups excluding carboxylic acids is 1. The van der Waals surface area contributed by atoms with Crippen molar-refractivity contribution in [3.8, 4) is 0 Å². The van der Waals surface area contributed by atoms with Gasteiger partial charge in [0.1, 0.15) is 6.54 Å². The molecule has 0 heterocycles. The van der Waals surface area contributed by atoms with Crippen LogP contribution in [0.25, 0.3) is 0 Å². The molecule has 3 aromatic rings. The second kappa shape index (κ2) is 10.3. The molecule has 10 heteroatoms. The van der Waals surface area contributed by atoms with Gasteiger partial charge in [0.05, 0.1) is 26.8 Å². The highest BCUT2D eigenvalue weighted by Crippen LogP contribution is 2.25. The molecule has 0 atom stereocenters. The molecule has 0 radical (unpaired) electrons. The zero-order chi connectivity index (χ0) is 22.4. The summed E-state index contributed by atoms with van der Waals surface area (Å²) in [6, 6.07) is 19.4. The van der Waals surface area contributed by atoms with E-state index in [0.717, 1.165) is 8.78 Å². The van der Waals surface area contributed by atoms with Crippen LogP contribution in [0.2, 0.25) is 10.0 Å². The third-order valence-electron chi connectivity index (χ3n) is 4.08. The van der Waals surface area contributed by atoms with Crippen LogP contribution < -0.4 is 9.73 Å².